The van der Waals surface area contributed by atoms with Crippen molar-refractivity contribution < 1.29 is 0 Å². The third-order valence-corrected chi connectivity index (χ3v) is 4.14. The highest BCUT2D eigenvalue weighted by atomic mass is 16.1. The van der Waals surface area contributed by atoms with Gasteiger partial charge in [0, 0.05) is 17.3 Å². The molecule has 0 aliphatic heterocycles. The third-order valence-electron chi connectivity index (χ3n) is 4.14. The van der Waals surface area contributed by atoms with E-state index in [0.29, 0.717) is 22.5 Å². The van der Waals surface area contributed by atoms with Crippen LogP contribution in [-0.4, -0.2) is 19.7 Å². The summed E-state index contributed by atoms with van der Waals surface area (Å²) < 4.78 is 1.68. The Kier molecular flexibility index (Phi) is 3.41. The number of hydrogen-bond acceptors (Lipinski definition) is 3. The molecule has 0 bridgehead atoms. The number of H-pyrrole nitrogens is 1. The number of nitrogens with zero attached hydrogens (tertiary/aromatic N) is 3. The Labute approximate surface area is 139 Å². The first kappa shape index (κ1) is 14.6. The number of fused-ring (bicyclic) bond motifs is 3. The van der Waals surface area contributed by atoms with Crippen molar-refractivity contribution in [3.8, 4) is 5.69 Å². The van der Waals surface area contributed by atoms with E-state index in [4.69, 9.17) is 0 Å². The molecular formula is C19H18N4O. The molecule has 1 N–H and O–H groups in total. The Hall–Kier alpha value is -2.95. The van der Waals surface area contributed by atoms with Gasteiger partial charge in [0.1, 0.15) is 11.2 Å². The standard InChI is InChI=1S/C19H18N4O/c1-12(2)11-15-16-17(22-21-15)14-9-6-10-20-18(14)23(19(16)24)13-7-4-3-5-8-13/h3-10,12H,11H2,1-2H3,(H,21,22). The highest BCUT2D eigenvalue weighted by molar-refractivity contribution is 6.03. The predicted molar refractivity (Wildman–Crippen MR) is 95.5 cm³/mol. The van der Waals surface area contributed by atoms with Gasteiger partial charge in [-0.15, -0.1) is 0 Å². The van der Waals surface area contributed by atoms with Crippen LogP contribution in [-0.2, 0) is 6.42 Å². The van der Waals surface area contributed by atoms with Gasteiger partial charge in [0.05, 0.1) is 11.1 Å². The molecule has 0 aliphatic carbocycles. The number of aromatic amines is 1. The summed E-state index contributed by atoms with van der Waals surface area (Å²) in [5.41, 5.74) is 2.95. The molecule has 0 saturated carbocycles. The molecule has 5 nitrogen and oxygen atoms in total. The van der Waals surface area contributed by atoms with Crippen LogP contribution in [0, 0.1) is 5.92 Å². The maximum Gasteiger partial charge on any atom is 0.268 e. The average molecular weight is 318 g/mol. The Morgan fingerprint density at radius 1 is 1.12 bits per heavy atom. The van der Waals surface area contributed by atoms with E-state index in [2.05, 4.69) is 29.0 Å². The lowest BCUT2D eigenvalue weighted by Gasteiger charge is -2.10. The lowest BCUT2D eigenvalue weighted by Crippen LogP contribution is -2.20. The van der Waals surface area contributed by atoms with Gasteiger partial charge >= 0.3 is 0 Å². The number of benzene rings is 1. The van der Waals surface area contributed by atoms with Crippen LogP contribution in [0.1, 0.15) is 19.5 Å². The number of para-hydroxylation sites is 1. The van der Waals surface area contributed by atoms with E-state index < -0.39 is 0 Å². The monoisotopic (exact) mass is 318 g/mol. The van der Waals surface area contributed by atoms with Crippen molar-refractivity contribution in [1.82, 2.24) is 19.7 Å². The van der Waals surface area contributed by atoms with Gasteiger partial charge in [0.25, 0.3) is 5.56 Å². The minimum absolute atomic E-state index is 0.0770. The molecule has 3 aromatic heterocycles. The van der Waals surface area contributed by atoms with Crippen LogP contribution in [0.2, 0.25) is 0 Å². The minimum atomic E-state index is -0.0770. The molecule has 1 aromatic carbocycles. The minimum Gasteiger partial charge on any atom is -0.281 e. The van der Waals surface area contributed by atoms with Crippen molar-refractivity contribution in [2.45, 2.75) is 20.3 Å². The van der Waals surface area contributed by atoms with Gasteiger partial charge < -0.3 is 0 Å². The Morgan fingerprint density at radius 3 is 2.67 bits per heavy atom. The SMILES string of the molecule is CC(C)Cc1[nH]nc2c1c(=O)n(-c1ccccc1)c1ncccc21. The summed E-state index contributed by atoms with van der Waals surface area (Å²) in [6.45, 7) is 4.26. The number of nitrogens with one attached hydrogen (secondary N) is 1. The van der Waals surface area contributed by atoms with Crippen molar-refractivity contribution in [2.24, 2.45) is 5.92 Å². The topological polar surface area (TPSA) is 63.6 Å². The third kappa shape index (κ3) is 2.21. The molecule has 0 fully saturated rings. The fourth-order valence-corrected chi connectivity index (χ4v) is 3.14. The summed E-state index contributed by atoms with van der Waals surface area (Å²) in [5, 5.41) is 9.02. The molecule has 3 heterocycles. The predicted octanol–water partition coefficient (Wildman–Crippen LogP) is 3.46. The molecule has 4 rings (SSSR count). The maximum absolute atomic E-state index is 13.3. The average Bonchev–Trinajstić information content (AvgIpc) is 3.00. The molecule has 0 atom stereocenters. The van der Waals surface area contributed by atoms with Crippen LogP contribution in [0.25, 0.3) is 27.6 Å². The van der Waals surface area contributed by atoms with Crippen LogP contribution in [0.3, 0.4) is 0 Å². The van der Waals surface area contributed by atoms with Crippen LogP contribution < -0.4 is 5.56 Å². The van der Waals surface area contributed by atoms with Crippen molar-refractivity contribution >= 4 is 21.9 Å². The van der Waals surface area contributed by atoms with Gasteiger partial charge in [-0.2, -0.15) is 5.10 Å². The molecule has 0 aliphatic rings. The van der Waals surface area contributed by atoms with E-state index in [1.54, 1.807) is 10.8 Å². The molecule has 4 aromatic rings. The maximum atomic E-state index is 13.3. The molecule has 0 unspecified atom stereocenters. The molecule has 0 amide bonds. The normalized spacial score (nSPS) is 11.6. The number of rotatable bonds is 3. The van der Waals surface area contributed by atoms with Gasteiger partial charge in [0.2, 0.25) is 0 Å². The Bertz CT molecular complexity index is 1080. The first-order chi connectivity index (χ1) is 11.7. The fraction of sp³-hybridized carbons (Fsp3) is 0.211. The zero-order valence-corrected chi connectivity index (χ0v) is 13.7. The second-order valence-electron chi connectivity index (χ2n) is 6.37. The van der Waals surface area contributed by atoms with E-state index in [1.807, 2.05) is 42.5 Å². The van der Waals surface area contributed by atoms with Gasteiger partial charge in [-0.1, -0.05) is 32.0 Å². The largest absolute Gasteiger partial charge is 0.281 e. The molecule has 0 spiro atoms. The molecule has 0 radical (unpaired) electrons. The van der Waals surface area contributed by atoms with E-state index in [1.165, 1.54) is 0 Å². The van der Waals surface area contributed by atoms with E-state index in [9.17, 15) is 4.79 Å². The fourth-order valence-electron chi connectivity index (χ4n) is 3.14. The first-order valence-electron chi connectivity index (χ1n) is 8.09. The van der Waals surface area contributed by atoms with Crippen molar-refractivity contribution in [1.29, 1.82) is 0 Å². The quantitative estimate of drug-likeness (QED) is 0.629. The van der Waals surface area contributed by atoms with Gasteiger partial charge in [-0.25, -0.2) is 4.98 Å². The highest BCUT2D eigenvalue weighted by Gasteiger charge is 2.18. The molecule has 24 heavy (non-hydrogen) atoms. The van der Waals surface area contributed by atoms with Crippen LogP contribution in [0.4, 0.5) is 0 Å². The highest BCUT2D eigenvalue weighted by Crippen LogP contribution is 2.24. The zero-order valence-electron chi connectivity index (χ0n) is 13.7. The summed E-state index contributed by atoms with van der Waals surface area (Å²) in [6, 6.07) is 13.5. The molecular weight excluding hydrogens is 300 g/mol. The second-order valence-corrected chi connectivity index (χ2v) is 6.37. The van der Waals surface area contributed by atoms with E-state index >= 15 is 0 Å². The summed E-state index contributed by atoms with van der Waals surface area (Å²) in [4.78, 5) is 17.7. The van der Waals surface area contributed by atoms with E-state index in [-0.39, 0.29) is 5.56 Å². The van der Waals surface area contributed by atoms with Crippen LogP contribution in [0.15, 0.2) is 53.5 Å². The lowest BCUT2D eigenvalue weighted by atomic mass is 10.0. The summed E-state index contributed by atoms with van der Waals surface area (Å²) in [5.74, 6) is 0.433. The zero-order chi connectivity index (χ0) is 16.7. The summed E-state index contributed by atoms with van der Waals surface area (Å²) in [6.07, 6.45) is 2.49. The van der Waals surface area contributed by atoms with Crippen LogP contribution >= 0.6 is 0 Å². The summed E-state index contributed by atoms with van der Waals surface area (Å²) in [7, 11) is 0. The smallest absolute Gasteiger partial charge is 0.268 e. The van der Waals surface area contributed by atoms with Crippen molar-refractivity contribution in [2.75, 3.05) is 0 Å². The number of aromatic nitrogens is 4. The summed E-state index contributed by atoms with van der Waals surface area (Å²) >= 11 is 0. The van der Waals surface area contributed by atoms with Crippen LogP contribution in [0.5, 0.6) is 0 Å². The van der Waals surface area contributed by atoms with Gasteiger partial charge in [0.15, 0.2) is 0 Å². The lowest BCUT2D eigenvalue weighted by molar-refractivity contribution is 0.636. The number of hydrogen-bond donors (Lipinski definition) is 1. The molecule has 5 heteroatoms. The number of pyridine rings is 2. The Morgan fingerprint density at radius 2 is 1.92 bits per heavy atom. The van der Waals surface area contributed by atoms with Gasteiger partial charge in [-0.3, -0.25) is 14.5 Å². The first-order valence-corrected chi connectivity index (χ1v) is 8.09. The molecule has 0 saturated heterocycles. The van der Waals surface area contributed by atoms with Gasteiger partial charge in [-0.05, 0) is 36.6 Å². The Balaban J connectivity index is 2.17. The second kappa shape index (κ2) is 5.60. The van der Waals surface area contributed by atoms with E-state index in [0.717, 1.165) is 23.2 Å². The van der Waals surface area contributed by atoms with Crippen molar-refractivity contribution in [3.05, 3.63) is 64.7 Å². The molecule has 120 valence electrons. The van der Waals surface area contributed by atoms with Crippen molar-refractivity contribution in [3.63, 3.8) is 0 Å².